The van der Waals surface area contributed by atoms with E-state index < -0.39 is 0 Å². The van der Waals surface area contributed by atoms with E-state index in [9.17, 15) is 9.59 Å². The molecule has 2 aromatic rings. The maximum absolute atomic E-state index is 13.1. The van der Waals surface area contributed by atoms with Crippen LogP contribution in [0.25, 0.3) is 11.3 Å². The van der Waals surface area contributed by atoms with Gasteiger partial charge in [-0.05, 0) is 38.8 Å². The van der Waals surface area contributed by atoms with E-state index in [2.05, 4.69) is 19.9 Å². The van der Waals surface area contributed by atoms with Crippen molar-refractivity contribution in [1.29, 1.82) is 0 Å². The number of nitrogens with zero attached hydrogens (tertiary/aromatic N) is 4. The molecular weight excluding hydrogens is 370 g/mol. The van der Waals surface area contributed by atoms with E-state index in [0.717, 1.165) is 31.5 Å². The number of H-pyrrole nitrogens is 1. The number of carbonyl (C=O) groups is 1. The van der Waals surface area contributed by atoms with Crippen molar-refractivity contribution in [3.63, 3.8) is 0 Å². The number of nitrogens with one attached hydrogen (secondary N) is 1. The molecule has 0 radical (unpaired) electrons. The van der Waals surface area contributed by atoms with Crippen LogP contribution in [0.4, 0.5) is 0 Å². The van der Waals surface area contributed by atoms with Gasteiger partial charge in [-0.15, -0.1) is 0 Å². The summed E-state index contributed by atoms with van der Waals surface area (Å²) in [7, 11) is 0. The molecule has 4 rings (SSSR count). The lowest BCUT2D eigenvalue weighted by molar-refractivity contribution is -0.137. The Morgan fingerprint density at radius 1 is 1.24 bits per heavy atom. The monoisotopic (exact) mass is 397 g/mol. The van der Waals surface area contributed by atoms with Crippen LogP contribution in [-0.4, -0.2) is 69.0 Å². The van der Waals surface area contributed by atoms with Gasteiger partial charge in [-0.3, -0.25) is 19.5 Å². The predicted octanol–water partition coefficient (Wildman–Crippen LogP) is 1.60. The number of aromatic nitrogens is 3. The van der Waals surface area contributed by atoms with Gasteiger partial charge in [0.05, 0.1) is 30.5 Å². The fourth-order valence-corrected chi connectivity index (χ4v) is 4.35. The fourth-order valence-electron chi connectivity index (χ4n) is 4.35. The Balaban J connectivity index is 1.53. The quantitative estimate of drug-likeness (QED) is 0.843. The molecule has 0 bridgehead atoms. The van der Waals surface area contributed by atoms with Crippen LogP contribution in [0.5, 0.6) is 0 Å². The molecule has 154 valence electrons. The number of pyridine rings is 1. The van der Waals surface area contributed by atoms with Crippen LogP contribution in [0.3, 0.4) is 0 Å². The van der Waals surface area contributed by atoms with E-state index in [1.54, 1.807) is 12.4 Å². The van der Waals surface area contributed by atoms with Crippen molar-refractivity contribution >= 4 is 5.91 Å². The van der Waals surface area contributed by atoms with Crippen molar-refractivity contribution in [1.82, 2.24) is 24.8 Å². The molecule has 2 aliphatic heterocycles. The van der Waals surface area contributed by atoms with Crippen molar-refractivity contribution in [3.8, 4) is 11.3 Å². The van der Waals surface area contributed by atoms with Gasteiger partial charge in [0, 0.05) is 43.7 Å². The molecule has 0 aliphatic carbocycles. The molecule has 3 atom stereocenters. The standard InChI is InChI=1S/C21H27N5O3/c1-14-11-25(12-15(2)29-14)13-20(28)26-9-3-4-18(26)21-23-17(10-19(27)24-21)16-5-7-22-8-6-16/h5-8,10,14-15,18H,3-4,9,11-13H2,1-2H3,(H,23,24,27)/t14-,15-,18-/m1/s1. The molecule has 0 unspecified atom stereocenters. The summed E-state index contributed by atoms with van der Waals surface area (Å²) in [5.41, 5.74) is 1.22. The van der Waals surface area contributed by atoms with Crippen molar-refractivity contribution in [2.24, 2.45) is 0 Å². The highest BCUT2D eigenvalue weighted by Crippen LogP contribution is 2.30. The molecule has 2 saturated heterocycles. The van der Waals surface area contributed by atoms with Gasteiger partial charge in [0.1, 0.15) is 5.82 Å². The first-order valence-corrected chi connectivity index (χ1v) is 10.2. The zero-order chi connectivity index (χ0) is 20.4. The Kier molecular flexibility index (Phi) is 5.73. The largest absolute Gasteiger partial charge is 0.373 e. The molecule has 4 heterocycles. The Hall–Kier alpha value is -2.58. The number of morpholine rings is 1. The second-order valence-electron chi connectivity index (χ2n) is 7.95. The van der Waals surface area contributed by atoms with Crippen molar-refractivity contribution in [2.75, 3.05) is 26.2 Å². The molecule has 2 fully saturated rings. The van der Waals surface area contributed by atoms with Crippen LogP contribution in [0.15, 0.2) is 35.4 Å². The van der Waals surface area contributed by atoms with Crippen molar-refractivity contribution in [2.45, 2.75) is 44.9 Å². The molecule has 0 aromatic carbocycles. The molecule has 0 saturated carbocycles. The minimum Gasteiger partial charge on any atom is -0.373 e. The van der Waals surface area contributed by atoms with Crippen LogP contribution in [0.1, 0.15) is 38.6 Å². The van der Waals surface area contributed by atoms with Gasteiger partial charge in [0.15, 0.2) is 0 Å². The van der Waals surface area contributed by atoms with Crippen LogP contribution < -0.4 is 5.56 Å². The summed E-state index contributed by atoms with van der Waals surface area (Å²) < 4.78 is 5.76. The van der Waals surface area contributed by atoms with Gasteiger partial charge in [0.2, 0.25) is 5.91 Å². The summed E-state index contributed by atoms with van der Waals surface area (Å²) >= 11 is 0. The molecule has 2 aliphatic rings. The number of likely N-dealkylation sites (tertiary alicyclic amines) is 1. The SMILES string of the molecule is C[C@@H]1CN(CC(=O)N2CCC[C@@H]2c2nc(-c3ccncc3)cc(=O)[nH]2)C[C@@H](C)O1. The van der Waals surface area contributed by atoms with Crippen LogP contribution >= 0.6 is 0 Å². The highest BCUT2D eigenvalue weighted by atomic mass is 16.5. The highest BCUT2D eigenvalue weighted by molar-refractivity contribution is 5.79. The van der Waals surface area contributed by atoms with Crippen molar-refractivity contribution < 1.29 is 9.53 Å². The number of ether oxygens (including phenoxy) is 1. The third kappa shape index (κ3) is 4.54. The molecular formula is C21H27N5O3. The lowest BCUT2D eigenvalue weighted by atomic mass is 10.1. The van der Waals surface area contributed by atoms with E-state index >= 15 is 0 Å². The smallest absolute Gasteiger partial charge is 0.251 e. The van der Waals surface area contributed by atoms with Crippen LogP contribution in [0.2, 0.25) is 0 Å². The zero-order valence-corrected chi connectivity index (χ0v) is 16.9. The summed E-state index contributed by atoms with van der Waals surface area (Å²) in [6.45, 7) is 6.61. The predicted molar refractivity (Wildman–Crippen MR) is 108 cm³/mol. The Labute approximate surface area is 169 Å². The summed E-state index contributed by atoms with van der Waals surface area (Å²) in [6, 6.07) is 4.93. The average molecular weight is 397 g/mol. The minimum atomic E-state index is -0.211. The Bertz CT molecular complexity index is 906. The Morgan fingerprint density at radius 3 is 2.69 bits per heavy atom. The second-order valence-corrected chi connectivity index (χ2v) is 7.95. The number of hydrogen-bond acceptors (Lipinski definition) is 6. The van der Waals surface area contributed by atoms with Gasteiger partial charge >= 0.3 is 0 Å². The van der Waals surface area contributed by atoms with Gasteiger partial charge in [-0.25, -0.2) is 4.98 Å². The molecule has 1 N–H and O–H groups in total. The fraction of sp³-hybridized carbons (Fsp3) is 0.524. The first-order valence-electron chi connectivity index (χ1n) is 10.2. The normalized spacial score (nSPS) is 25.3. The molecule has 0 spiro atoms. The minimum absolute atomic E-state index is 0.0748. The third-order valence-corrected chi connectivity index (χ3v) is 5.48. The maximum Gasteiger partial charge on any atom is 0.251 e. The second kappa shape index (κ2) is 8.42. The number of hydrogen-bond donors (Lipinski definition) is 1. The van der Waals surface area contributed by atoms with Crippen LogP contribution in [0, 0.1) is 0 Å². The van der Waals surface area contributed by atoms with Gasteiger partial charge in [-0.2, -0.15) is 0 Å². The zero-order valence-electron chi connectivity index (χ0n) is 16.9. The topological polar surface area (TPSA) is 91.4 Å². The number of carbonyl (C=O) groups excluding carboxylic acids is 1. The van der Waals surface area contributed by atoms with E-state index in [1.165, 1.54) is 6.07 Å². The van der Waals surface area contributed by atoms with Crippen molar-refractivity contribution in [3.05, 3.63) is 46.8 Å². The van der Waals surface area contributed by atoms with E-state index in [4.69, 9.17) is 4.74 Å². The Morgan fingerprint density at radius 2 is 1.97 bits per heavy atom. The third-order valence-electron chi connectivity index (χ3n) is 5.48. The highest BCUT2D eigenvalue weighted by Gasteiger charge is 2.33. The van der Waals surface area contributed by atoms with Gasteiger partial charge in [0.25, 0.3) is 5.56 Å². The van der Waals surface area contributed by atoms with E-state index in [0.29, 0.717) is 24.6 Å². The van der Waals surface area contributed by atoms with Gasteiger partial charge < -0.3 is 14.6 Å². The number of amides is 1. The molecule has 29 heavy (non-hydrogen) atoms. The summed E-state index contributed by atoms with van der Waals surface area (Å²) in [4.78, 5) is 40.9. The lowest BCUT2D eigenvalue weighted by Gasteiger charge is -2.36. The summed E-state index contributed by atoms with van der Waals surface area (Å²) in [5, 5.41) is 0. The summed E-state index contributed by atoms with van der Waals surface area (Å²) in [5.74, 6) is 0.629. The summed E-state index contributed by atoms with van der Waals surface area (Å²) in [6.07, 6.45) is 5.29. The first-order chi connectivity index (χ1) is 14.0. The molecule has 8 heteroatoms. The van der Waals surface area contributed by atoms with Gasteiger partial charge in [-0.1, -0.05) is 0 Å². The molecule has 1 amide bonds. The van der Waals surface area contributed by atoms with Crippen LogP contribution in [-0.2, 0) is 9.53 Å². The number of rotatable bonds is 4. The van der Waals surface area contributed by atoms with E-state index in [1.807, 2.05) is 30.9 Å². The molecule has 2 aromatic heterocycles. The lowest BCUT2D eigenvalue weighted by Crippen LogP contribution is -2.49. The number of aromatic amines is 1. The first kappa shape index (κ1) is 19.7. The average Bonchev–Trinajstić information content (AvgIpc) is 3.17. The maximum atomic E-state index is 13.1. The molecule has 8 nitrogen and oxygen atoms in total. The van der Waals surface area contributed by atoms with E-state index in [-0.39, 0.29) is 29.7 Å².